The number of hydrogen-bond acceptors (Lipinski definition) is 2. The molecule has 0 bridgehead atoms. The van der Waals surface area contributed by atoms with Crippen LogP contribution in [-0.2, 0) is 4.74 Å². The molecule has 2 aromatic rings. The van der Waals surface area contributed by atoms with Crippen molar-refractivity contribution >= 4 is 0 Å². The Morgan fingerprint density at radius 1 is 0.952 bits per heavy atom. The van der Waals surface area contributed by atoms with Crippen molar-refractivity contribution in [1.29, 1.82) is 0 Å². The second-order valence-corrected chi connectivity index (χ2v) is 5.79. The van der Waals surface area contributed by atoms with Crippen LogP contribution in [0, 0.1) is 5.92 Å². The Bertz CT molecular complexity index is 536. The van der Waals surface area contributed by atoms with E-state index in [-0.39, 0.29) is 12.1 Å². The second-order valence-electron chi connectivity index (χ2n) is 5.79. The summed E-state index contributed by atoms with van der Waals surface area (Å²) in [6.07, 6.45) is 2.69. The molecule has 110 valence electrons. The van der Waals surface area contributed by atoms with E-state index in [1.54, 1.807) is 0 Å². The summed E-state index contributed by atoms with van der Waals surface area (Å²) in [6.45, 7) is 0.866. The lowest BCUT2D eigenvalue weighted by atomic mass is 9.95. The summed E-state index contributed by atoms with van der Waals surface area (Å²) in [5, 5.41) is 3.44. The highest BCUT2D eigenvalue weighted by Crippen LogP contribution is 2.36. The molecule has 0 radical (unpaired) electrons. The third kappa shape index (κ3) is 3.72. The molecule has 1 aliphatic rings. The van der Waals surface area contributed by atoms with Crippen LogP contribution in [0.2, 0.25) is 0 Å². The molecule has 2 unspecified atom stereocenters. The Hall–Kier alpha value is -1.64. The summed E-state index contributed by atoms with van der Waals surface area (Å²) in [7, 11) is 2.01. The summed E-state index contributed by atoms with van der Waals surface area (Å²) >= 11 is 0. The summed E-state index contributed by atoms with van der Waals surface area (Å²) in [6, 6.07) is 21.3. The van der Waals surface area contributed by atoms with Gasteiger partial charge in [-0.15, -0.1) is 0 Å². The third-order valence-electron chi connectivity index (χ3n) is 4.11. The van der Waals surface area contributed by atoms with Crippen molar-refractivity contribution in [2.45, 2.75) is 25.0 Å². The first-order valence-electron chi connectivity index (χ1n) is 7.77. The average Bonchev–Trinajstić information content (AvgIpc) is 3.37. The van der Waals surface area contributed by atoms with Crippen molar-refractivity contribution < 1.29 is 4.74 Å². The summed E-state index contributed by atoms with van der Waals surface area (Å²) in [4.78, 5) is 0. The van der Waals surface area contributed by atoms with Crippen LogP contribution in [0.5, 0.6) is 0 Å². The van der Waals surface area contributed by atoms with Gasteiger partial charge in [0, 0.05) is 0 Å². The Morgan fingerprint density at radius 3 is 2.05 bits per heavy atom. The molecule has 0 aliphatic heterocycles. The van der Waals surface area contributed by atoms with Gasteiger partial charge in [0.1, 0.15) is 6.10 Å². The van der Waals surface area contributed by atoms with Crippen molar-refractivity contribution in [3.05, 3.63) is 71.8 Å². The summed E-state index contributed by atoms with van der Waals surface area (Å²) in [5.41, 5.74) is 2.51. The third-order valence-corrected chi connectivity index (χ3v) is 4.11. The lowest BCUT2D eigenvalue weighted by Crippen LogP contribution is -2.26. The van der Waals surface area contributed by atoms with Crippen LogP contribution in [0.15, 0.2) is 60.7 Å². The van der Waals surface area contributed by atoms with Crippen molar-refractivity contribution in [1.82, 2.24) is 5.32 Å². The number of likely N-dealkylation sites (N-methyl/N-ethyl adjacent to an activating group) is 1. The van der Waals surface area contributed by atoms with E-state index in [2.05, 4.69) is 66.0 Å². The number of hydrogen-bond donors (Lipinski definition) is 1. The predicted molar refractivity (Wildman–Crippen MR) is 86.1 cm³/mol. The van der Waals surface area contributed by atoms with Gasteiger partial charge in [-0.25, -0.2) is 0 Å². The van der Waals surface area contributed by atoms with Gasteiger partial charge in [0.2, 0.25) is 0 Å². The SMILES string of the molecule is CNC(c1ccccc1)C(OCC1CC1)c1ccccc1. The molecule has 1 fully saturated rings. The molecular formula is C19H23NO. The smallest absolute Gasteiger partial charge is 0.102 e. The minimum atomic E-state index is 0.0548. The Kier molecular flexibility index (Phi) is 4.69. The fraction of sp³-hybridized carbons (Fsp3) is 0.368. The van der Waals surface area contributed by atoms with Crippen molar-refractivity contribution in [3.8, 4) is 0 Å². The molecule has 1 saturated carbocycles. The molecule has 3 rings (SSSR count). The number of nitrogens with one attached hydrogen (secondary N) is 1. The molecule has 0 spiro atoms. The zero-order chi connectivity index (χ0) is 14.5. The molecule has 2 atom stereocenters. The number of rotatable bonds is 7. The monoisotopic (exact) mass is 281 g/mol. The molecule has 0 aromatic heterocycles. The van der Waals surface area contributed by atoms with E-state index >= 15 is 0 Å². The first-order valence-corrected chi connectivity index (χ1v) is 7.77. The van der Waals surface area contributed by atoms with Crippen LogP contribution in [-0.4, -0.2) is 13.7 Å². The molecule has 1 aliphatic carbocycles. The fourth-order valence-electron chi connectivity index (χ4n) is 2.71. The second kappa shape index (κ2) is 6.88. The summed E-state index contributed by atoms with van der Waals surface area (Å²) < 4.78 is 6.30. The van der Waals surface area contributed by atoms with Crippen LogP contribution < -0.4 is 5.32 Å². The molecule has 2 nitrogen and oxygen atoms in total. The van der Waals surface area contributed by atoms with E-state index in [0.717, 1.165) is 12.5 Å². The topological polar surface area (TPSA) is 21.3 Å². The average molecular weight is 281 g/mol. The zero-order valence-electron chi connectivity index (χ0n) is 12.5. The van der Waals surface area contributed by atoms with Gasteiger partial charge >= 0.3 is 0 Å². The van der Waals surface area contributed by atoms with Gasteiger partial charge in [-0.3, -0.25) is 0 Å². The Morgan fingerprint density at radius 2 is 1.52 bits per heavy atom. The first kappa shape index (κ1) is 14.3. The van der Waals surface area contributed by atoms with Crippen LogP contribution in [0.25, 0.3) is 0 Å². The standard InChI is InChI=1S/C19H23NO/c1-20-18(16-8-4-2-5-9-16)19(21-14-15-12-13-15)17-10-6-3-7-11-17/h2-11,15,18-20H,12-14H2,1H3. The van der Waals surface area contributed by atoms with E-state index in [1.165, 1.54) is 24.0 Å². The molecule has 0 amide bonds. The van der Waals surface area contributed by atoms with Gasteiger partial charge in [0.25, 0.3) is 0 Å². The van der Waals surface area contributed by atoms with Gasteiger partial charge < -0.3 is 10.1 Å². The van der Waals surface area contributed by atoms with Gasteiger partial charge in [0.15, 0.2) is 0 Å². The van der Waals surface area contributed by atoms with E-state index < -0.39 is 0 Å². The zero-order valence-corrected chi connectivity index (χ0v) is 12.5. The van der Waals surface area contributed by atoms with Gasteiger partial charge in [0.05, 0.1) is 12.6 Å². The fourth-order valence-corrected chi connectivity index (χ4v) is 2.71. The number of benzene rings is 2. The minimum absolute atomic E-state index is 0.0548. The Balaban J connectivity index is 1.84. The van der Waals surface area contributed by atoms with Gasteiger partial charge in [-0.1, -0.05) is 60.7 Å². The summed E-state index contributed by atoms with van der Waals surface area (Å²) in [5.74, 6) is 0.768. The van der Waals surface area contributed by atoms with Crippen molar-refractivity contribution in [2.24, 2.45) is 5.92 Å². The largest absolute Gasteiger partial charge is 0.371 e. The lowest BCUT2D eigenvalue weighted by molar-refractivity contribution is 0.0197. The van der Waals surface area contributed by atoms with Crippen LogP contribution in [0.4, 0.5) is 0 Å². The predicted octanol–water partition coefficient (Wildman–Crippen LogP) is 4.12. The quantitative estimate of drug-likeness (QED) is 0.824. The van der Waals surface area contributed by atoms with E-state index in [0.29, 0.717) is 0 Å². The molecule has 0 saturated heterocycles. The highest BCUT2D eigenvalue weighted by atomic mass is 16.5. The Labute approximate surface area is 127 Å². The van der Waals surface area contributed by atoms with Crippen LogP contribution >= 0.6 is 0 Å². The molecule has 21 heavy (non-hydrogen) atoms. The van der Waals surface area contributed by atoms with Gasteiger partial charge in [-0.05, 0) is 36.9 Å². The van der Waals surface area contributed by atoms with E-state index in [9.17, 15) is 0 Å². The first-order chi connectivity index (χ1) is 10.4. The van der Waals surface area contributed by atoms with Crippen molar-refractivity contribution in [3.63, 3.8) is 0 Å². The van der Waals surface area contributed by atoms with Crippen LogP contribution in [0.3, 0.4) is 0 Å². The highest BCUT2D eigenvalue weighted by Gasteiger charge is 2.28. The maximum Gasteiger partial charge on any atom is 0.102 e. The highest BCUT2D eigenvalue weighted by molar-refractivity contribution is 5.26. The van der Waals surface area contributed by atoms with Crippen LogP contribution in [0.1, 0.15) is 36.1 Å². The van der Waals surface area contributed by atoms with Crippen molar-refractivity contribution in [2.75, 3.05) is 13.7 Å². The minimum Gasteiger partial charge on any atom is -0.371 e. The molecular weight excluding hydrogens is 258 g/mol. The molecule has 2 aromatic carbocycles. The van der Waals surface area contributed by atoms with E-state index in [4.69, 9.17) is 4.74 Å². The van der Waals surface area contributed by atoms with E-state index in [1.807, 2.05) is 7.05 Å². The maximum absolute atomic E-state index is 6.30. The maximum atomic E-state index is 6.30. The molecule has 2 heteroatoms. The molecule has 0 heterocycles. The lowest BCUT2D eigenvalue weighted by Gasteiger charge is -2.28. The number of ether oxygens (including phenoxy) is 1. The van der Waals surface area contributed by atoms with Gasteiger partial charge in [-0.2, -0.15) is 0 Å². The molecule has 1 N–H and O–H groups in total. The normalized spacial score (nSPS) is 17.4.